The Labute approximate surface area is 159 Å². The van der Waals surface area contributed by atoms with Crippen molar-refractivity contribution in [1.29, 1.82) is 5.26 Å². The van der Waals surface area contributed by atoms with E-state index in [4.69, 9.17) is 14.7 Å². The number of carbonyl (C=O) groups is 2. The third-order valence-corrected chi connectivity index (χ3v) is 4.47. The zero-order chi connectivity index (χ0) is 19.2. The number of amides is 1. The number of methoxy groups -OCH3 is 1. The van der Waals surface area contributed by atoms with Crippen molar-refractivity contribution in [1.82, 2.24) is 0 Å². The first kappa shape index (κ1) is 18.2. The maximum atomic E-state index is 12.4. The predicted molar refractivity (Wildman–Crippen MR) is 101 cm³/mol. The van der Waals surface area contributed by atoms with Crippen LogP contribution in [0, 0.1) is 11.3 Å². The minimum atomic E-state index is -0.606. The summed E-state index contributed by atoms with van der Waals surface area (Å²) >= 11 is 1.33. The zero-order valence-corrected chi connectivity index (χ0v) is 15.1. The molecule has 0 atom stereocenters. The highest BCUT2D eigenvalue weighted by Gasteiger charge is 2.14. The normalized spacial score (nSPS) is 9.93. The Morgan fingerprint density at radius 1 is 1.07 bits per heavy atom. The quantitative estimate of drug-likeness (QED) is 0.533. The van der Waals surface area contributed by atoms with Gasteiger partial charge in [-0.05, 0) is 41.8 Å². The van der Waals surface area contributed by atoms with Gasteiger partial charge in [0.05, 0.1) is 29.2 Å². The summed E-state index contributed by atoms with van der Waals surface area (Å²) in [4.78, 5) is 25.2. The molecule has 0 radical (unpaired) electrons. The second-order valence-corrected chi connectivity index (χ2v) is 6.33. The molecular formula is C20H14N2O4S. The van der Waals surface area contributed by atoms with Crippen LogP contribution in [0.5, 0.6) is 11.5 Å². The minimum absolute atomic E-state index is 0.203. The standard InChI is InChI=1S/C20H14N2O4S/c1-25-17-10-13(12-21)7-8-16(17)26-20(24)14-4-2-5-15(11-14)22-19(23)18-6-3-9-27-18/h2-11H,1H3,(H,22,23). The van der Waals surface area contributed by atoms with Gasteiger partial charge in [0.2, 0.25) is 0 Å². The summed E-state index contributed by atoms with van der Waals surface area (Å²) in [5.74, 6) is -0.367. The van der Waals surface area contributed by atoms with E-state index in [0.717, 1.165) is 0 Å². The highest BCUT2D eigenvalue weighted by molar-refractivity contribution is 7.12. The lowest BCUT2D eigenvalue weighted by atomic mass is 10.2. The van der Waals surface area contributed by atoms with Crippen molar-refractivity contribution in [2.75, 3.05) is 12.4 Å². The Kier molecular flexibility index (Phi) is 5.50. The van der Waals surface area contributed by atoms with Crippen LogP contribution >= 0.6 is 11.3 Å². The Balaban J connectivity index is 1.76. The molecule has 0 bridgehead atoms. The molecule has 0 aliphatic heterocycles. The number of thiophene rings is 1. The molecule has 0 aliphatic carbocycles. The smallest absolute Gasteiger partial charge is 0.343 e. The van der Waals surface area contributed by atoms with Crippen molar-refractivity contribution in [3.05, 3.63) is 76.0 Å². The highest BCUT2D eigenvalue weighted by atomic mass is 32.1. The van der Waals surface area contributed by atoms with Crippen LogP contribution < -0.4 is 14.8 Å². The van der Waals surface area contributed by atoms with Crippen molar-refractivity contribution in [3.63, 3.8) is 0 Å². The predicted octanol–water partition coefficient (Wildman–Crippen LogP) is 4.10. The number of benzene rings is 2. The van der Waals surface area contributed by atoms with Crippen LogP contribution in [0.25, 0.3) is 0 Å². The van der Waals surface area contributed by atoms with Crippen molar-refractivity contribution in [2.24, 2.45) is 0 Å². The Morgan fingerprint density at radius 3 is 2.63 bits per heavy atom. The molecular weight excluding hydrogens is 364 g/mol. The molecule has 0 unspecified atom stereocenters. The highest BCUT2D eigenvalue weighted by Crippen LogP contribution is 2.28. The fourth-order valence-electron chi connectivity index (χ4n) is 2.30. The lowest BCUT2D eigenvalue weighted by Crippen LogP contribution is -2.12. The van der Waals surface area contributed by atoms with E-state index in [2.05, 4.69) is 5.32 Å². The molecule has 1 heterocycles. The summed E-state index contributed by atoms with van der Waals surface area (Å²) in [5.41, 5.74) is 1.14. The number of nitriles is 1. The lowest BCUT2D eigenvalue weighted by Gasteiger charge is -2.10. The fraction of sp³-hybridized carbons (Fsp3) is 0.0500. The number of nitrogens with one attached hydrogen (secondary N) is 1. The van der Waals surface area contributed by atoms with E-state index in [-0.39, 0.29) is 23.0 Å². The van der Waals surface area contributed by atoms with Gasteiger partial charge in [-0.3, -0.25) is 4.79 Å². The molecule has 3 rings (SSSR count). The molecule has 1 N–H and O–H groups in total. The maximum absolute atomic E-state index is 12.4. The monoisotopic (exact) mass is 378 g/mol. The molecule has 1 amide bonds. The van der Waals surface area contributed by atoms with E-state index >= 15 is 0 Å². The third kappa shape index (κ3) is 4.32. The summed E-state index contributed by atoms with van der Waals surface area (Å²) in [6.45, 7) is 0. The molecule has 0 saturated carbocycles. The first-order valence-corrected chi connectivity index (χ1v) is 8.74. The van der Waals surface area contributed by atoms with Gasteiger partial charge in [0.1, 0.15) is 0 Å². The molecule has 0 aliphatic rings. The summed E-state index contributed by atoms with van der Waals surface area (Å²) < 4.78 is 10.5. The summed E-state index contributed by atoms with van der Waals surface area (Å²) in [6.07, 6.45) is 0. The Hall–Kier alpha value is -3.63. The van der Waals surface area contributed by atoms with Crippen molar-refractivity contribution in [2.45, 2.75) is 0 Å². The van der Waals surface area contributed by atoms with Crippen molar-refractivity contribution < 1.29 is 19.1 Å². The van der Waals surface area contributed by atoms with E-state index in [9.17, 15) is 9.59 Å². The number of hydrogen-bond donors (Lipinski definition) is 1. The van der Waals surface area contributed by atoms with Gasteiger partial charge in [-0.25, -0.2) is 4.79 Å². The van der Waals surface area contributed by atoms with Crippen LogP contribution in [-0.4, -0.2) is 19.0 Å². The van der Waals surface area contributed by atoms with Gasteiger partial charge in [0.25, 0.3) is 5.91 Å². The first-order chi connectivity index (χ1) is 13.1. The van der Waals surface area contributed by atoms with E-state index in [1.807, 2.05) is 11.4 Å². The van der Waals surface area contributed by atoms with E-state index < -0.39 is 5.97 Å². The Bertz CT molecular complexity index is 1020. The van der Waals surface area contributed by atoms with E-state index in [1.165, 1.54) is 42.7 Å². The second-order valence-electron chi connectivity index (χ2n) is 5.38. The largest absolute Gasteiger partial charge is 0.493 e. The average molecular weight is 378 g/mol. The van der Waals surface area contributed by atoms with E-state index in [1.54, 1.807) is 30.3 Å². The third-order valence-electron chi connectivity index (χ3n) is 3.60. The number of esters is 1. The Morgan fingerprint density at radius 2 is 1.93 bits per heavy atom. The molecule has 0 spiro atoms. The van der Waals surface area contributed by atoms with Crippen LogP contribution in [-0.2, 0) is 0 Å². The van der Waals surface area contributed by atoms with Crippen LogP contribution in [0.4, 0.5) is 5.69 Å². The van der Waals surface area contributed by atoms with Gasteiger partial charge in [0.15, 0.2) is 11.5 Å². The summed E-state index contributed by atoms with van der Waals surface area (Å²) in [7, 11) is 1.43. The topological polar surface area (TPSA) is 88.4 Å². The summed E-state index contributed by atoms with van der Waals surface area (Å²) in [5, 5.41) is 13.5. The van der Waals surface area contributed by atoms with Crippen LogP contribution in [0.1, 0.15) is 25.6 Å². The van der Waals surface area contributed by atoms with Gasteiger partial charge in [-0.15, -0.1) is 11.3 Å². The minimum Gasteiger partial charge on any atom is -0.493 e. The van der Waals surface area contributed by atoms with Crippen LogP contribution in [0.2, 0.25) is 0 Å². The van der Waals surface area contributed by atoms with Gasteiger partial charge in [0, 0.05) is 11.8 Å². The molecule has 6 nitrogen and oxygen atoms in total. The maximum Gasteiger partial charge on any atom is 0.343 e. The molecule has 3 aromatic rings. The van der Waals surface area contributed by atoms with Crippen LogP contribution in [0.15, 0.2) is 60.0 Å². The lowest BCUT2D eigenvalue weighted by molar-refractivity contribution is 0.0729. The first-order valence-electron chi connectivity index (χ1n) is 7.86. The number of nitrogens with zero attached hydrogens (tertiary/aromatic N) is 1. The SMILES string of the molecule is COc1cc(C#N)ccc1OC(=O)c1cccc(NC(=O)c2cccs2)c1. The molecule has 1 aromatic heterocycles. The zero-order valence-electron chi connectivity index (χ0n) is 14.3. The number of ether oxygens (including phenoxy) is 2. The molecule has 27 heavy (non-hydrogen) atoms. The second kappa shape index (κ2) is 8.17. The molecule has 0 fully saturated rings. The number of anilines is 1. The van der Waals surface area contributed by atoms with Crippen molar-refractivity contribution >= 4 is 28.9 Å². The number of hydrogen-bond acceptors (Lipinski definition) is 6. The van der Waals surface area contributed by atoms with Gasteiger partial charge in [-0.1, -0.05) is 12.1 Å². The van der Waals surface area contributed by atoms with Crippen molar-refractivity contribution in [3.8, 4) is 17.6 Å². The molecule has 2 aromatic carbocycles. The van der Waals surface area contributed by atoms with Gasteiger partial charge >= 0.3 is 5.97 Å². The fourth-order valence-corrected chi connectivity index (χ4v) is 2.92. The molecule has 0 saturated heterocycles. The van der Waals surface area contributed by atoms with Gasteiger partial charge < -0.3 is 14.8 Å². The average Bonchev–Trinajstić information content (AvgIpc) is 3.23. The number of carbonyl (C=O) groups excluding carboxylic acids is 2. The molecule has 7 heteroatoms. The van der Waals surface area contributed by atoms with Crippen LogP contribution in [0.3, 0.4) is 0 Å². The molecule has 134 valence electrons. The summed E-state index contributed by atoms with van der Waals surface area (Å²) in [6, 6.07) is 16.5. The number of rotatable bonds is 5. The van der Waals surface area contributed by atoms with E-state index in [0.29, 0.717) is 16.1 Å². The van der Waals surface area contributed by atoms with Gasteiger partial charge in [-0.2, -0.15) is 5.26 Å².